The van der Waals surface area contributed by atoms with Gasteiger partial charge < -0.3 is 9.53 Å². The minimum absolute atomic E-state index is 0.199. The summed E-state index contributed by atoms with van der Waals surface area (Å²) in [5.74, 6) is 0.0131. The van der Waals surface area contributed by atoms with Crippen LogP contribution in [0.1, 0.15) is 39.5 Å². The van der Waals surface area contributed by atoms with Crippen LogP contribution >= 0.6 is 0 Å². The van der Waals surface area contributed by atoms with Crippen molar-refractivity contribution in [1.29, 1.82) is 0 Å². The summed E-state index contributed by atoms with van der Waals surface area (Å²) in [7, 11) is 0. The maximum absolute atomic E-state index is 10.9. The molecule has 14 heavy (non-hydrogen) atoms. The molecule has 0 rings (SSSR count). The Morgan fingerprint density at radius 1 is 1.29 bits per heavy atom. The molecule has 0 spiro atoms. The van der Waals surface area contributed by atoms with E-state index in [1.54, 1.807) is 19.9 Å². The van der Waals surface area contributed by atoms with Crippen molar-refractivity contribution in [2.45, 2.75) is 39.5 Å². The number of hydrogen-bond acceptors (Lipinski definition) is 3. The molecule has 0 bridgehead atoms. The normalized spacial score (nSPS) is 10.4. The molecule has 0 heterocycles. The average molecular weight is 198 g/mol. The van der Waals surface area contributed by atoms with Crippen LogP contribution < -0.4 is 0 Å². The van der Waals surface area contributed by atoms with E-state index < -0.39 is 0 Å². The topological polar surface area (TPSA) is 43.4 Å². The summed E-state index contributed by atoms with van der Waals surface area (Å²) in [6.07, 6.45) is 6.35. The summed E-state index contributed by atoms with van der Waals surface area (Å²) in [5, 5.41) is 0. The maximum atomic E-state index is 10.9. The third kappa shape index (κ3) is 8.97. The summed E-state index contributed by atoms with van der Waals surface area (Å²) >= 11 is 0. The number of rotatable bonds is 7. The van der Waals surface area contributed by atoms with Crippen LogP contribution in [-0.2, 0) is 14.3 Å². The second-order valence-electron chi connectivity index (χ2n) is 3.07. The fourth-order valence-corrected chi connectivity index (χ4v) is 0.986. The van der Waals surface area contributed by atoms with Gasteiger partial charge in [-0.2, -0.15) is 0 Å². The van der Waals surface area contributed by atoms with E-state index in [2.05, 4.69) is 0 Å². The Morgan fingerprint density at radius 3 is 2.57 bits per heavy atom. The number of carbonyl (C=O) groups is 2. The molecule has 0 aliphatic carbocycles. The van der Waals surface area contributed by atoms with Crippen LogP contribution in [0.5, 0.6) is 0 Å². The molecule has 0 aliphatic heterocycles. The number of Topliss-reactive ketones (excluding diaryl/α,β-unsaturated/α-hetero) is 1. The fourth-order valence-electron chi connectivity index (χ4n) is 0.986. The first-order valence-corrected chi connectivity index (χ1v) is 4.97. The summed E-state index contributed by atoms with van der Waals surface area (Å²) in [4.78, 5) is 21.4. The summed E-state index contributed by atoms with van der Waals surface area (Å²) in [5.41, 5.74) is 0. The molecular formula is C11H18O3. The standard InChI is InChI=1S/C11H18O3/c1-3-14-11(13)9-7-5-4-6-8-10(2)12/h5,7H,3-4,6,8-9H2,1-2H3/b7-5+. The Labute approximate surface area is 85.1 Å². The van der Waals surface area contributed by atoms with Gasteiger partial charge in [0.05, 0.1) is 13.0 Å². The fraction of sp³-hybridized carbons (Fsp3) is 0.636. The predicted octanol–water partition coefficient (Wildman–Crippen LogP) is 2.26. The third-order valence-electron chi connectivity index (χ3n) is 1.66. The van der Waals surface area contributed by atoms with Crippen LogP contribution in [0.4, 0.5) is 0 Å². The SMILES string of the molecule is CCOC(=O)C/C=C/CCCC(C)=O. The van der Waals surface area contributed by atoms with Crippen molar-refractivity contribution in [2.24, 2.45) is 0 Å². The first-order valence-electron chi connectivity index (χ1n) is 4.97. The molecule has 0 aliphatic rings. The van der Waals surface area contributed by atoms with Gasteiger partial charge in [0.15, 0.2) is 0 Å². The molecule has 80 valence electrons. The van der Waals surface area contributed by atoms with Crippen LogP contribution in [-0.4, -0.2) is 18.4 Å². The Hall–Kier alpha value is -1.12. The van der Waals surface area contributed by atoms with E-state index in [1.807, 2.05) is 6.08 Å². The number of ketones is 1. The molecular weight excluding hydrogens is 180 g/mol. The van der Waals surface area contributed by atoms with Crippen molar-refractivity contribution in [3.05, 3.63) is 12.2 Å². The van der Waals surface area contributed by atoms with E-state index in [0.29, 0.717) is 19.4 Å². The molecule has 0 radical (unpaired) electrons. The quantitative estimate of drug-likeness (QED) is 0.358. The first kappa shape index (κ1) is 12.9. The lowest BCUT2D eigenvalue weighted by atomic mass is 10.2. The Morgan fingerprint density at radius 2 is 2.00 bits per heavy atom. The van der Waals surface area contributed by atoms with E-state index in [1.165, 1.54) is 0 Å². The van der Waals surface area contributed by atoms with Gasteiger partial charge in [-0.3, -0.25) is 4.79 Å². The Kier molecular flexibility index (Phi) is 7.80. The number of hydrogen-bond donors (Lipinski definition) is 0. The van der Waals surface area contributed by atoms with Crippen LogP contribution in [0.2, 0.25) is 0 Å². The van der Waals surface area contributed by atoms with E-state index in [-0.39, 0.29) is 11.8 Å². The number of allylic oxidation sites excluding steroid dienone is 1. The molecule has 0 aromatic carbocycles. The highest BCUT2D eigenvalue weighted by Gasteiger charge is 1.95. The highest BCUT2D eigenvalue weighted by Crippen LogP contribution is 1.98. The highest BCUT2D eigenvalue weighted by molar-refractivity contribution is 5.75. The minimum Gasteiger partial charge on any atom is -0.466 e. The second-order valence-corrected chi connectivity index (χ2v) is 3.07. The lowest BCUT2D eigenvalue weighted by molar-refractivity contribution is -0.142. The van der Waals surface area contributed by atoms with Gasteiger partial charge in [0.25, 0.3) is 0 Å². The van der Waals surface area contributed by atoms with Crippen molar-refractivity contribution >= 4 is 11.8 Å². The predicted molar refractivity (Wildman–Crippen MR) is 54.9 cm³/mol. The van der Waals surface area contributed by atoms with E-state index in [0.717, 1.165) is 12.8 Å². The number of unbranched alkanes of at least 4 members (excludes halogenated alkanes) is 1. The molecule has 0 amide bonds. The minimum atomic E-state index is -0.199. The zero-order valence-corrected chi connectivity index (χ0v) is 8.91. The van der Waals surface area contributed by atoms with Crippen LogP contribution in [0.25, 0.3) is 0 Å². The lowest BCUT2D eigenvalue weighted by Gasteiger charge is -1.96. The molecule has 0 saturated heterocycles. The molecule has 3 heteroatoms. The second kappa shape index (κ2) is 8.48. The number of ether oxygens (including phenoxy) is 1. The molecule has 0 atom stereocenters. The van der Waals surface area contributed by atoms with Crippen LogP contribution in [0, 0.1) is 0 Å². The first-order chi connectivity index (χ1) is 6.66. The van der Waals surface area contributed by atoms with Crippen molar-refractivity contribution in [1.82, 2.24) is 0 Å². The third-order valence-corrected chi connectivity index (χ3v) is 1.66. The van der Waals surface area contributed by atoms with Crippen molar-refractivity contribution < 1.29 is 14.3 Å². The largest absolute Gasteiger partial charge is 0.466 e. The zero-order valence-electron chi connectivity index (χ0n) is 8.91. The van der Waals surface area contributed by atoms with Crippen LogP contribution in [0.15, 0.2) is 12.2 Å². The molecule has 0 aromatic heterocycles. The van der Waals surface area contributed by atoms with E-state index >= 15 is 0 Å². The van der Waals surface area contributed by atoms with Crippen molar-refractivity contribution in [3.8, 4) is 0 Å². The van der Waals surface area contributed by atoms with Crippen molar-refractivity contribution in [2.75, 3.05) is 6.61 Å². The van der Waals surface area contributed by atoms with E-state index in [4.69, 9.17) is 4.74 Å². The smallest absolute Gasteiger partial charge is 0.309 e. The molecule has 0 aromatic rings. The molecule has 0 fully saturated rings. The van der Waals surface area contributed by atoms with E-state index in [9.17, 15) is 9.59 Å². The summed E-state index contributed by atoms with van der Waals surface area (Å²) in [6, 6.07) is 0. The van der Waals surface area contributed by atoms with Gasteiger partial charge in [-0.05, 0) is 26.7 Å². The number of carbonyl (C=O) groups excluding carboxylic acids is 2. The van der Waals surface area contributed by atoms with Gasteiger partial charge in [0.2, 0.25) is 0 Å². The molecule has 3 nitrogen and oxygen atoms in total. The molecule has 0 unspecified atom stereocenters. The monoisotopic (exact) mass is 198 g/mol. The Balaban J connectivity index is 3.35. The van der Waals surface area contributed by atoms with Gasteiger partial charge in [-0.25, -0.2) is 0 Å². The van der Waals surface area contributed by atoms with Gasteiger partial charge in [-0.15, -0.1) is 0 Å². The van der Waals surface area contributed by atoms with Gasteiger partial charge in [0.1, 0.15) is 5.78 Å². The zero-order chi connectivity index (χ0) is 10.8. The van der Waals surface area contributed by atoms with Gasteiger partial charge in [0, 0.05) is 6.42 Å². The summed E-state index contributed by atoms with van der Waals surface area (Å²) in [6.45, 7) is 3.80. The van der Waals surface area contributed by atoms with Crippen molar-refractivity contribution in [3.63, 3.8) is 0 Å². The average Bonchev–Trinajstić information content (AvgIpc) is 2.11. The number of esters is 1. The summed E-state index contributed by atoms with van der Waals surface area (Å²) < 4.78 is 4.74. The van der Waals surface area contributed by atoms with Gasteiger partial charge >= 0.3 is 5.97 Å². The lowest BCUT2D eigenvalue weighted by Crippen LogP contribution is -2.01. The maximum Gasteiger partial charge on any atom is 0.309 e. The molecule has 0 saturated carbocycles. The molecule has 0 N–H and O–H groups in total. The highest BCUT2D eigenvalue weighted by atomic mass is 16.5. The Bertz CT molecular complexity index is 207. The van der Waals surface area contributed by atoms with Crippen LogP contribution in [0.3, 0.4) is 0 Å². The van der Waals surface area contributed by atoms with Gasteiger partial charge in [-0.1, -0.05) is 12.2 Å².